The highest BCUT2D eigenvalue weighted by molar-refractivity contribution is 5.94. The summed E-state index contributed by atoms with van der Waals surface area (Å²) in [6.07, 6.45) is 0.645. The van der Waals surface area contributed by atoms with Crippen molar-refractivity contribution in [2.75, 3.05) is 32.6 Å². The maximum absolute atomic E-state index is 13.4. The number of fused-ring (bicyclic) bond motifs is 2. The number of aromatic hydroxyl groups is 1. The lowest BCUT2D eigenvalue weighted by Crippen LogP contribution is -2.40. The van der Waals surface area contributed by atoms with E-state index in [1.165, 1.54) is 9.47 Å². The lowest BCUT2D eigenvalue weighted by atomic mass is 9.86. The second-order valence-corrected chi connectivity index (χ2v) is 10.2. The summed E-state index contributed by atoms with van der Waals surface area (Å²) in [6, 6.07) is 20.1. The molecule has 0 unspecified atom stereocenters. The van der Waals surface area contributed by atoms with Crippen molar-refractivity contribution in [1.82, 2.24) is 19.4 Å². The zero-order valence-corrected chi connectivity index (χ0v) is 23.2. The Labute approximate surface area is 236 Å². The molecule has 0 radical (unpaired) electrons. The van der Waals surface area contributed by atoms with Gasteiger partial charge < -0.3 is 24.1 Å². The standard InChI is InChI=1S/C31H29N5O5/c1-34(2)29(38)19-14-13-18-15-16-36(26(21(18)17-19)20-9-5-7-11-23(20)40-4)31-33-25(27(37)30(39)35(31)3)28-32-22-10-6-8-12-24(22)41-28/h5-14,17,26,37H,15-16H2,1-4H3/t26-/m0/s1. The highest BCUT2D eigenvalue weighted by atomic mass is 16.5. The summed E-state index contributed by atoms with van der Waals surface area (Å²) < 4.78 is 13.0. The molecule has 1 N–H and O–H groups in total. The van der Waals surface area contributed by atoms with Crippen LogP contribution in [0.2, 0.25) is 0 Å². The van der Waals surface area contributed by atoms with E-state index in [0.717, 1.165) is 16.7 Å². The lowest BCUT2D eigenvalue weighted by molar-refractivity contribution is 0.0827. The number of anilines is 1. The number of hydrogen-bond donors (Lipinski definition) is 1. The van der Waals surface area contributed by atoms with Crippen LogP contribution in [0.4, 0.5) is 5.95 Å². The third kappa shape index (κ3) is 4.37. The van der Waals surface area contributed by atoms with E-state index in [-0.39, 0.29) is 17.5 Å². The number of nitrogens with zero attached hydrogens (tertiary/aromatic N) is 5. The number of carbonyl (C=O) groups excluding carboxylic acids is 1. The zero-order chi connectivity index (χ0) is 28.8. The van der Waals surface area contributed by atoms with Gasteiger partial charge in [-0.25, -0.2) is 9.97 Å². The third-order valence-corrected chi connectivity index (χ3v) is 7.46. The normalized spacial score (nSPS) is 14.6. The number of ether oxygens (including phenoxy) is 1. The Balaban J connectivity index is 1.57. The SMILES string of the molecule is COc1ccccc1[C@H]1c2cc(C(=O)N(C)C)ccc2CCN1c1nc(-c2nc3ccccc3o2)c(O)c(=O)n1C. The van der Waals surface area contributed by atoms with Gasteiger partial charge in [0, 0.05) is 38.8 Å². The van der Waals surface area contributed by atoms with Gasteiger partial charge in [-0.1, -0.05) is 36.4 Å². The van der Waals surface area contributed by atoms with Crippen LogP contribution in [0.3, 0.4) is 0 Å². The topological polar surface area (TPSA) is 114 Å². The minimum absolute atomic E-state index is 0.0413. The molecule has 0 bridgehead atoms. The predicted molar refractivity (Wildman–Crippen MR) is 154 cm³/mol. The lowest BCUT2D eigenvalue weighted by Gasteiger charge is -2.39. The average molecular weight is 552 g/mol. The van der Waals surface area contributed by atoms with Gasteiger partial charge in [0.25, 0.3) is 17.4 Å². The van der Waals surface area contributed by atoms with Gasteiger partial charge in [-0.3, -0.25) is 14.2 Å². The van der Waals surface area contributed by atoms with Crippen molar-refractivity contribution in [3.8, 4) is 23.1 Å². The summed E-state index contributed by atoms with van der Waals surface area (Å²) in [4.78, 5) is 39.1. The molecule has 5 aromatic rings. The van der Waals surface area contributed by atoms with Crippen LogP contribution in [0, 0.1) is 0 Å². The molecule has 3 heterocycles. The molecule has 10 heteroatoms. The van der Waals surface area contributed by atoms with Crippen LogP contribution in [0.15, 0.2) is 75.9 Å². The summed E-state index contributed by atoms with van der Waals surface area (Å²) in [5, 5.41) is 10.9. The van der Waals surface area contributed by atoms with Gasteiger partial charge in [-0.15, -0.1) is 0 Å². The Morgan fingerprint density at radius 3 is 2.56 bits per heavy atom. The molecule has 0 saturated heterocycles. The molecule has 0 aliphatic carbocycles. The first-order chi connectivity index (χ1) is 19.8. The molecule has 0 saturated carbocycles. The summed E-state index contributed by atoms with van der Waals surface area (Å²) in [6.45, 7) is 0.509. The monoisotopic (exact) mass is 551 g/mol. The highest BCUT2D eigenvalue weighted by Gasteiger charge is 2.35. The van der Waals surface area contributed by atoms with Crippen molar-refractivity contribution in [3.63, 3.8) is 0 Å². The van der Waals surface area contributed by atoms with Gasteiger partial charge >= 0.3 is 0 Å². The zero-order valence-electron chi connectivity index (χ0n) is 23.2. The van der Waals surface area contributed by atoms with Crippen LogP contribution >= 0.6 is 0 Å². The van der Waals surface area contributed by atoms with E-state index in [2.05, 4.69) is 4.98 Å². The largest absolute Gasteiger partial charge is 0.501 e. The van der Waals surface area contributed by atoms with E-state index in [4.69, 9.17) is 14.1 Å². The molecule has 3 aromatic carbocycles. The molecule has 1 amide bonds. The number of oxazole rings is 1. The molecule has 208 valence electrons. The summed E-state index contributed by atoms with van der Waals surface area (Å²) in [7, 11) is 6.62. The Bertz CT molecular complexity index is 1830. The van der Waals surface area contributed by atoms with Gasteiger partial charge in [0.2, 0.25) is 11.7 Å². The summed E-state index contributed by atoms with van der Waals surface area (Å²) >= 11 is 0. The fourth-order valence-electron chi connectivity index (χ4n) is 5.41. The van der Waals surface area contributed by atoms with Gasteiger partial charge in [0.05, 0.1) is 13.2 Å². The van der Waals surface area contributed by atoms with E-state index < -0.39 is 17.4 Å². The molecular formula is C31H29N5O5. The van der Waals surface area contributed by atoms with Crippen molar-refractivity contribution in [3.05, 3.63) is 99.3 Å². The van der Waals surface area contributed by atoms with E-state index in [9.17, 15) is 14.7 Å². The molecule has 41 heavy (non-hydrogen) atoms. The van der Waals surface area contributed by atoms with Gasteiger partial charge in [-0.2, -0.15) is 0 Å². The van der Waals surface area contributed by atoms with Crippen molar-refractivity contribution in [2.45, 2.75) is 12.5 Å². The van der Waals surface area contributed by atoms with Gasteiger partial charge in [-0.05, 0) is 47.9 Å². The van der Waals surface area contributed by atoms with Crippen LogP contribution in [-0.4, -0.2) is 58.2 Å². The Hall–Kier alpha value is -5.12. The summed E-state index contributed by atoms with van der Waals surface area (Å²) in [5.41, 5.74) is 3.81. The number of amides is 1. The highest BCUT2D eigenvalue weighted by Crippen LogP contribution is 2.42. The number of benzene rings is 3. The van der Waals surface area contributed by atoms with Crippen LogP contribution in [0.1, 0.15) is 33.1 Å². The maximum Gasteiger partial charge on any atom is 0.297 e. The maximum atomic E-state index is 13.4. The van der Waals surface area contributed by atoms with Crippen molar-refractivity contribution >= 4 is 23.0 Å². The number of carbonyl (C=O) groups is 1. The quantitative estimate of drug-likeness (QED) is 0.347. The second-order valence-electron chi connectivity index (χ2n) is 10.2. The fourth-order valence-corrected chi connectivity index (χ4v) is 5.41. The van der Waals surface area contributed by atoms with E-state index in [0.29, 0.717) is 41.3 Å². The first-order valence-electron chi connectivity index (χ1n) is 13.2. The first kappa shape index (κ1) is 26.1. The van der Waals surface area contributed by atoms with Crippen molar-refractivity contribution in [2.24, 2.45) is 7.05 Å². The van der Waals surface area contributed by atoms with Gasteiger partial charge in [0.1, 0.15) is 11.3 Å². The molecule has 1 aliphatic heterocycles. The molecule has 6 rings (SSSR count). The van der Waals surface area contributed by atoms with E-state index in [1.807, 2.05) is 59.5 Å². The van der Waals surface area contributed by atoms with E-state index in [1.54, 1.807) is 40.4 Å². The third-order valence-electron chi connectivity index (χ3n) is 7.46. The Kier molecular flexibility index (Phi) is 6.45. The number of methoxy groups -OCH3 is 1. The second kappa shape index (κ2) is 10.1. The molecule has 0 spiro atoms. The summed E-state index contributed by atoms with van der Waals surface area (Å²) in [5.74, 6) is 0.358. The molecular weight excluding hydrogens is 522 g/mol. The van der Waals surface area contributed by atoms with Crippen molar-refractivity contribution in [1.29, 1.82) is 0 Å². The average Bonchev–Trinajstić information content (AvgIpc) is 3.43. The number of para-hydroxylation sites is 3. The molecule has 1 aliphatic rings. The minimum atomic E-state index is -0.631. The minimum Gasteiger partial charge on any atom is -0.501 e. The molecule has 1 atom stereocenters. The van der Waals surface area contributed by atoms with E-state index >= 15 is 0 Å². The number of aromatic nitrogens is 3. The van der Waals surface area contributed by atoms with Crippen LogP contribution < -0.4 is 15.2 Å². The molecule has 2 aromatic heterocycles. The number of rotatable bonds is 5. The Morgan fingerprint density at radius 1 is 1.05 bits per heavy atom. The smallest absolute Gasteiger partial charge is 0.297 e. The van der Waals surface area contributed by atoms with Crippen molar-refractivity contribution < 1.29 is 19.1 Å². The molecule has 0 fully saturated rings. The number of hydrogen-bond acceptors (Lipinski definition) is 8. The first-order valence-corrected chi connectivity index (χ1v) is 13.2. The fraction of sp³-hybridized carbons (Fsp3) is 0.226. The Morgan fingerprint density at radius 2 is 1.80 bits per heavy atom. The van der Waals surface area contributed by atoms with Crippen LogP contribution in [0.25, 0.3) is 22.7 Å². The predicted octanol–water partition coefficient (Wildman–Crippen LogP) is 4.16. The van der Waals surface area contributed by atoms with Crippen LogP contribution in [0.5, 0.6) is 11.5 Å². The molecule has 10 nitrogen and oxygen atoms in total. The van der Waals surface area contributed by atoms with Gasteiger partial charge in [0.15, 0.2) is 11.3 Å². The van der Waals surface area contributed by atoms with Crippen LogP contribution in [-0.2, 0) is 13.5 Å².